The SMILES string of the molecule is [CH2][C@@H](C)[S+]([O-])CC. The summed E-state index contributed by atoms with van der Waals surface area (Å²) in [5.41, 5.74) is 0. The third-order valence-corrected chi connectivity index (χ3v) is 2.20. The summed E-state index contributed by atoms with van der Waals surface area (Å²) in [5, 5.41) is 0.0880. The molecule has 0 heterocycles. The van der Waals surface area contributed by atoms with E-state index >= 15 is 0 Å². The smallest absolute Gasteiger partial charge is 0.113 e. The topological polar surface area (TPSA) is 23.1 Å². The first-order valence-corrected chi connectivity index (χ1v) is 3.77. The van der Waals surface area contributed by atoms with Crippen molar-refractivity contribution < 1.29 is 4.55 Å². The molecule has 0 aliphatic heterocycles. The van der Waals surface area contributed by atoms with Gasteiger partial charge in [-0.3, -0.25) is 0 Å². The molecule has 1 radical (unpaired) electrons. The maximum Gasteiger partial charge on any atom is 0.113 e. The van der Waals surface area contributed by atoms with Crippen LogP contribution in [0.3, 0.4) is 0 Å². The second-order valence-corrected chi connectivity index (χ2v) is 3.62. The molecule has 0 amide bonds. The Balaban J connectivity index is 3.14. The van der Waals surface area contributed by atoms with Crippen molar-refractivity contribution in [1.29, 1.82) is 0 Å². The summed E-state index contributed by atoms with van der Waals surface area (Å²) in [7, 11) is 0. The summed E-state index contributed by atoms with van der Waals surface area (Å²) < 4.78 is 10.6. The highest BCUT2D eigenvalue weighted by Crippen LogP contribution is 1.97. The van der Waals surface area contributed by atoms with Crippen LogP contribution in [0.2, 0.25) is 0 Å². The molecule has 43 valence electrons. The lowest BCUT2D eigenvalue weighted by atomic mass is 10.6. The van der Waals surface area contributed by atoms with Crippen molar-refractivity contribution in [2.75, 3.05) is 5.75 Å². The number of hydrogen-bond donors (Lipinski definition) is 0. The van der Waals surface area contributed by atoms with E-state index in [0.29, 0.717) is 0 Å². The van der Waals surface area contributed by atoms with Crippen LogP contribution in [0.15, 0.2) is 0 Å². The van der Waals surface area contributed by atoms with Gasteiger partial charge in [0.2, 0.25) is 0 Å². The van der Waals surface area contributed by atoms with Crippen molar-refractivity contribution in [3.8, 4) is 0 Å². The van der Waals surface area contributed by atoms with Crippen molar-refractivity contribution in [2.24, 2.45) is 0 Å². The molecule has 0 saturated carbocycles. The predicted molar refractivity (Wildman–Crippen MR) is 33.5 cm³/mol. The van der Waals surface area contributed by atoms with Crippen LogP contribution in [0.1, 0.15) is 13.8 Å². The molecule has 7 heavy (non-hydrogen) atoms. The molecule has 0 fully saturated rings. The molecule has 2 atom stereocenters. The van der Waals surface area contributed by atoms with E-state index in [1.165, 1.54) is 0 Å². The molecule has 0 aliphatic carbocycles. The molecule has 0 spiro atoms. The molecule has 0 aliphatic rings. The molecule has 0 aromatic heterocycles. The fraction of sp³-hybridized carbons (Fsp3) is 0.800. The molecule has 0 bridgehead atoms. The summed E-state index contributed by atoms with van der Waals surface area (Å²) in [6, 6.07) is 0. The second-order valence-electron chi connectivity index (χ2n) is 1.48. The Morgan fingerprint density at radius 1 is 1.86 bits per heavy atom. The minimum Gasteiger partial charge on any atom is -0.616 e. The zero-order valence-corrected chi connectivity index (χ0v) is 5.62. The molecule has 0 aromatic rings. The fourth-order valence-corrected chi connectivity index (χ4v) is 0.854. The highest BCUT2D eigenvalue weighted by molar-refractivity contribution is 7.92. The monoisotopic (exact) mass is 119 g/mol. The largest absolute Gasteiger partial charge is 0.616 e. The van der Waals surface area contributed by atoms with Gasteiger partial charge in [0.1, 0.15) is 11.0 Å². The van der Waals surface area contributed by atoms with Gasteiger partial charge in [0.25, 0.3) is 0 Å². The van der Waals surface area contributed by atoms with E-state index in [1.807, 2.05) is 13.8 Å². The summed E-state index contributed by atoms with van der Waals surface area (Å²) in [5.74, 6) is 0.727. The van der Waals surface area contributed by atoms with Crippen LogP contribution in [0, 0.1) is 6.92 Å². The van der Waals surface area contributed by atoms with Gasteiger partial charge in [0.05, 0.1) is 0 Å². The summed E-state index contributed by atoms with van der Waals surface area (Å²) in [6.07, 6.45) is 0. The fourth-order valence-electron chi connectivity index (χ4n) is 0.285. The molecule has 0 rings (SSSR count). The first kappa shape index (κ1) is 7.31. The summed E-state index contributed by atoms with van der Waals surface area (Å²) >= 11 is -0.690. The van der Waals surface area contributed by atoms with Gasteiger partial charge >= 0.3 is 0 Å². The van der Waals surface area contributed by atoms with Gasteiger partial charge in [-0.05, 0) is 20.8 Å². The highest BCUT2D eigenvalue weighted by Gasteiger charge is 2.05. The average molecular weight is 119 g/mol. The van der Waals surface area contributed by atoms with E-state index in [0.717, 1.165) is 5.75 Å². The Labute approximate surface area is 48.3 Å². The van der Waals surface area contributed by atoms with Gasteiger partial charge in [-0.2, -0.15) is 0 Å². The Morgan fingerprint density at radius 2 is 2.29 bits per heavy atom. The lowest BCUT2D eigenvalue weighted by Gasteiger charge is -2.10. The van der Waals surface area contributed by atoms with Gasteiger partial charge in [0.15, 0.2) is 0 Å². The minimum atomic E-state index is -0.690. The Bertz CT molecular complexity index is 45.3. The van der Waals surface area contributed by atoms with E-state index < -0.39 is 11.2 Å². The first-order valence-electron chi connectivity index (χ1n) is 2.38. The zero-order chi connectivity index (χ0) is 5.86. The van der Waals surface area contributed by atoms with Crippen LogP contribution in [0.5, 0.6) is 0 Å². The number of rotatable bonds is 2. The van der Waals surface area contributed by atoms with Gasteiger partial charge in [-0.15, -0.1) is 0 Å². The van der Waals surface area contributed by atoms with Crippen molar-refractivity contribution in [3.05, 3.63) is 6.92 Å². The van der Waals surface area contributed by atoms with Crippen LogP contribution >= 0.6 is 0 Å². The van der Waals surface area contributed by atoms with Crippen LogP contribution in [-0.4, -0.2) is 15.6 Å². The molecule has 0 aromatic carbocycles. The van der Waals surface area contributed by atoms with Crippen LogP contribution < -0.4 is 0 Å². The molecule has 1 nitrogen and oxygen atoms in total. The number of hydrogen-bond acceptors (Lipinski definition) is 1. The average Bonchev–Trinajstić information content (AvgIpc) is 1.65. The van der Waals surface area contributed by atoms with Crippen LogP contribution in [0.25, 0.3) is 0 Å². The predicted octanol–water partition coefficient (Wildman–Crippen LogP) is 0.978. The van der Waals surface area contributed by atoms with Crippen molar-refractivity contribution in [2.45, 2.75) is 19.1 Å². The second kappa shape index (κ2) is 3.33. The quantitative estimate of drug-likeness (QED) is 0.497. The molecular weight excluding hydrogens is 108 g/mol. The zero-order valence-electron chi connectivity index (χ0n) is 4.81. The molecule has 0 saturated heterocycles. The maximum atomic E-state index is 10.6. The van der Waals surface area contributed by atoms with E-state index in [2.05, 4.69) is 6.92 Å². The lowest BCUT2D eigenvalue weighted by Crippen LogP contribution is -2.15. The summed E-state index contributed by atoms with van der Waals surface area (Å²) in [6.45, 7) is 7.37. The lowest BCUT2D eigenvalue weighted by molar-refractivity contribution is 0.591. The van der Waals surface area contributed by atoms with Gasteiger partial charge in [0, 0.05) is 0 Å². The Hall–Kier alpha value is 0.310. The Kier molecular flexibility index (Phi) is 3.48. The third-order valence-electron chi connectivity index (χ3n) is 0.733. The third kappa shape index (κ3) is 2.94. The minimum absolute atomic E-state index is 0.0880. The van der Waals surface area contributed by atoms with E-state index in [4.69, 9.17) is 0 Å². The molecule has 0 N–H and O–H groups in total. The van der Waals surface area contributed by atoms with Crippen molar-refractivity contribution >= 4 is 11.2 Å². The van der Waals surface area contributed by atoms with E-state index in [-0.39, 0.29) is 5.25 Å². The van der Waals surface area contributed by atoms with Crippen molar-refractivity contribution in [1.82, 2.24) is 0 Å². The first-order chi connectivity index (χ1) is 3.18. The summed E-state index contributed by atoms with van der Waals surface area (Å²) in [4.78, 5) is 0. The van der Waals surface area contributed by atoms with Gasteiger partial charge in [-0.25, -0.2) is 0 Å². The van der Waals surface area contributed by atoms with E-state index in [9.17, 15) is 4.55 Å². The maximum absolute atomic E-state index is 10.6. The molecule has 1 unspecified atom stereocenters. The van der Waals surface area contributed by atoms with Gasteiger partial charge < -0.3 is 4.55 Å². The highest BCUT2D eigenvalue weighted by atomic mass is 32.2. The van der Waals surface area contributed by atoms with E-state index in [1.54, 1.807) is 0 Å². The van der Waals surface area contributed by atoms with Crippen LogP contribution in [0.4, 0.5) is 0 Å². The van der Waals surface area contributed by atoms with Gasteiger partial charge in [-0.1, -0.05) is 11.2 Å². The molecule has 2 heteroatoms. The van der Waals surface area contributed by atoms with Crippen molar-refractivity contribution in [3.63, 3.8) is 0 Å². The standard InChI is InChI=1S/C5H11OS/c1-4-7(6)5(2)3/h5H,2,4H2,1,3H3/t5-,7?/m0/s1. The molecular formula is C5H11OS. The Morgan fingerprint density at radius 3 is 2.29 bits per heavy atom. The van der Waals surface area contributed by atoms with Crippen LogP contribution in [-0.2, 0) is 11.2 Å². The normalized spacial score (nSPS) is 15.0.